The molecule has 10 heteroatoms. The number of nitrogens with one attached hydrogen (secondary N) is 1. The summed E-state index contributed by atoms with van der Waals surface area (Å²) < 4.78 is 25.5. The summed E-state index contributed by atoms with van der Waals surface area (Å²) in [7, 11) is -4.02. The maximum absolute atomic E-state index is 12.5. The normalized spacial score (nSPS) is 14.8. The van der Waals surface area contributed by atoms with Crippen molar-refractivity contribution in [2.24, 2.45) is 0 Å². The molecule has 8 nitrogen and oxygen atoms in total. The van der Waals surface area contributed by atoms with Crippen LogP contribution >= 0.6 is 11.3 Å². The van der Waals surface area contributed by atoms with E-state index in [-0.39, 0.29) is 10.5 Å². The van der Waals surface area contributed by atoms with Crippen LogP contribution < -0.4 is 5.32 Å². The number of fused-ring (bicyclic) bond motifs is 1. The van der Waals surface area contributed by atoms with Gasteiger partial charge in [-0.3, -0.25) is 14.6 Å². The van der Waals surface area contributed by atoms with Crippen molar-refractivity contribution in [3.8, 4) is 11.3 Å². The van der Waals surface area contributed by atoms with Crippen molar-refractivity contribution in [3.05, 3.63) is 59.7 Å². The van der Waals surface area contributed by atoms with Gasteiger partial charge < -0.3 is 5.32 Å². The number of hydrogen-bond donors (Lipinski definition) is 1. The molecule has 3 heterocycles. The number of benzene rings is 1. The van der Waals surface area contributed by atoms with Crippen LogP contribution in [0.25, 0.3) is 11.3 Å². The van der Waals surface area contributed by atoms with Crippen molar-refractivity contribution in [2.75, 3.05) is 11.9 Å². The summed E-state index contributed by atoms with van der Waals surface area (Å²) >= 11 is 1.20. The number of carbonyl (C=O) groups excluding carboxylic acids is 2. The second kappa shape index (κ2) is 6.56. The number of amides is 2. The van der Waals surface area contributed by atoms with Gasteiger partial charge in [-0.25, -0.2) is 17.7 Å². The average Bonchev–Trinajstić information content (AvgIpc) is 3.20. The molecule has 1 aliphatic heterocycles. The molecule has 0 unspecified atom stereocenters. The smallest absolute Gasteiger partial charge is 0.269 e. The summed E-state index contributed by atoms with van der Waals surface area (Å²) in [6.07, 6.45) is 3.27. The Morgan fingerprint density at radius 2 is 1.89 bits per heavy atom. The third kappa shape index (κ3) is 3.09. The molecule has 2 amide bonds. The first-order valence-electron chi connectivity index (χ1n) is 7.79. The average molecular weight is 400 g/mol. The fourth-order valence-electron chi connectivity index (χ4n) is 2.66. The van der Waals surface area contributed by atoms with Gasteiger partial charge in [0, 0.05) is 23.3 Å². The van der Waals surface area contributed by atoms with E-state index in [0.29, 0.717) is 15.1 Å². The Labute approximate surface area is 158 Å². The van der Waals surface area contributed by atoms with Crippen LogP contribution in [0.4, 0.5) is 5.13 Å². The zero-order chi connectivity index (χ0) is 19.0. The maximum atomic E-state index is 12.5. The van der Waals surface area contributed by atoms with Crippen LogP contribution in [0.1, 0.15) is 10.4 Å². The lowest BCUT2D eigenvalue weighted by Crippen LogP contribution is -2.37. The number of hydrogen-bond acceptors (Lipinski definition) is 7. The summed E-state index contributed by atoms with van der Waals surface area (Å²) in [5.74, 6) is -1.35. The van der Waals surface area contributed by atoms with Crippen LogP contribution in [0.5, 0.6) is 0 Å². The molecule has 27 heavy (non-hydrogen) atoms. The van der Waals surface area contributed by atoms with Crippen molar-refractivity contribution < 1.29 is 18.0 Å². The van der Waals surface area contributed by atoms with E-state index in [1.165, 1.54) is 29.5 Å². The van der Waals surface area contributed by atoms with Crippen LogP contribution in [0.3, 0.4) is 0 Å². The standard InChI is InChI=1S/C17H12N4O4S2/c22-15(20-17-19-13(10-26-17)11-5-7-18-8-6-11)9-21-16(23)12-3-1-2-4-14(12)27(21,24)25/h1-8,10H,9H2,(H,19,20,22). The van der Waals surface area contributed by atoms with E-state index in [9.17, 15) is 18.0 Å². The van der Waals surface area contributed by atoms with Gasteiger partial charge in [-0.05, 0) is 24.3 Å². The highest BCUT2D eigenvalue weighted by Crippen LogP contribution is 2.30. The summed E-state index contributed by atoms with van der Waals surface area (Å²) in [5, 5.41) is 4.61. The fraction of sp³-hybridized carbons (Fsp3) is 0.0588. The number of nitrogens with zero attached hydrogens (tertiary/aromatic N) is 3. The number of carbonyl (C=O) groups is 2. The molecule has 0 fully saturated rings. The molecule has 0 atom stereocenters. The number of aromatic nitrogens is 2. The van der Waals surface area contributed by atoms with E-state index in [2.05, 4.69) is 15.3 Å². The van der Waals surface area contributed by atoms with E-state index in [1.807, 2.05) is 0 Å². The van der Waals surface area contributed by atoms with E-state index in [0.717, 1.165) is 5.56 Å². The molecule has 1 aromatic carbocycles. The molecule has 0 bridgehead atoms. The minimum atomic E-state index is -4.02. The monoisotopic (exact) mass is 400 g/mol. The quantitative estimate of drug-likeness (QED) is 0.717. The minimum Gasteiger partial charge on any atom is -0.300 e. The van der Waals surface area contributed by atoms with Crippen molar-refractivity contribution in [3.63, 3.8) is 0 Å². The highest BCUT2D eigenvalue weighted by Gasteiger charge is 2.41. The number of anilines is 1. The lowest BCUT2D eigenvalue weighted by atomic mass is 10.2. The molecule has 136 valence electrons. The third-order valence-corrected chi connectivity index (χ3v) is 6.47. The first-order chi connectivity index (χ1) is 13.0. The summed E-state index contributed by atoms with van der Waals surface area (Å²) in [6.45, 7) is -0.611. The molecule has 3 aromatic rings. The Morgan fingerprint density at radius 3 is 2.63 bits per heavy atom. The second-order valence-electron chi connectivity index (χ2n) is 5.63. The van der Waals surface area contributed by atoms with Gasteiger partial charge in [-0.15, -0.1) is 11.3 Å². The summed E-state index contributed by atoms with van der Waals surface area (Å²) in [4.78, 5) is 32.8. The van der Waals surface area contributed by atoms with Gasteiger partial charge in [-0.2, -0.15) is 0 Å². The molecule has 0 aliphatic carbocycles. The molecule has 4 rings (SSSR count). The van der Waals surface area contributed by atoms with Crippen molar-refractivity contribution in [1.29, 1.82) is 0 Å². The number of thiazole rings is 1. The second-order valence-corrected chi connectivity index (χ2v) is 8.32. The van der Waals surface area contributed by atoms with Crippen LogP contribution in [0.2, 0.25) is 0 Å². The number of pyridine rings is 1. The summed E-state index contributed by atoms with van der Waals surface area (Å²) in [6, 6.07) is 9.45. The predicted molar refractivity (Wildman–Crippen MR) is 98.6 cm³/mol. The number of rotatable bonds is 4. The van der Waals surface area contributed by atoms with Crippen LogP contribution in [-0.2, 0) is 14.8 Å². The van der Waals surface area contributed by atoms with E-state index in [1.54, 1.807) is 36.0 Å². The van der Waals surface area contributed by atoms with Crippen LogP contribution in [0, 0.1) is 0 Å². The van der Waals surface area contributed by atoms with Gasteiger partial charge in [0.05, 0.1) is 11.3 Å². The highest BCUT2D eigenvalue weighted by atomic mass is 32.2. The van der Waals surface area contributed by atoms with Gasteiger partial charge in [0.1, 0.15) is 11.4 Å². The van der Waals surface area contributed by atoms with Gasteiger partial charge in [0.15, 0.2) is 5.13 Å². The molecule has 2 aromatic heterocycles. The summed E-state index contributed by atoms with van der Waals surface area (Å²) in [5.41, 5.74) is 1.57. The van der Waals surface area contributed by atoms with Gasteiger partial charge in [0.2, 0.25) is 5.91 Å². The zero-order valence-electron chi connectivity index (χ0n) is 13.7. The minimum absolute atomic E-state index is 0.0690. The van der Waals surface area contributed by atoms with E-state index in [4.69, 9.17) is 0 Å². The Bertz CT molecular complexity index is 1140. The molecule has 0 spiro atoms. The van der Waals surface area contributed by atoms with Crippen molar-refractivity contribution in [2.45, 2.75) is 4.90 Å². The van der Waals surface area contributed by atoms with Gasteiger partial charge in [-0.1, -0.05) is 12.1 Å². The largest absolute Gasteiger partial charge is 0.300 e. The zero-order valence-corrected chi connectivity index (χ0v) is 15.3. The Kier molecular flexibility index (Phi) is 4.21. The number of sulfonamides is 1. The maximum Gasteiger partial charge on any atom is 0.269 e. The molecule has 0 saturated carbocycles. The SMILES string of the molecule is O=C(CN1C(=O)c2ccccc2S1(=O)=O)Nc1nc(-c2ccncc2)cs1. The van der Waals surface area contributed by atoms with Gasteiger partial charge in [0.25, 0.3) is 15.9 Å². The van der Waals surface area contributed by atoms with Crippen molar-refractivity contribution >= 4 is 38.3 Å². The molecule has 0 radical (unpaired) electrons. The van der Waals surface area contributed by atoms with Crippen LogP contribution in [-0.4, -0.2) is 41.1 Å². The third-order valence-electron chi connectivity index (χ3n) is 3.93. The van der Waals surface area contributed by atoms with Crippen molar-refractivity contribution in [1.82, 2.24) is 14.3 Å². The molecule has 1 aliphatic rings. The molecule has 1 N–H and O–H groups in total. The molecular formula is C17H12N4O4S2. The topological polar surface area (TPSA) is 109 Å². The van der Waals surface area contributed by atoms with E-state index >= 15 is 0 Å². The fourth-order valence-corrected chi connectivity index (χ4v) is 4.92. The predicted octanol–water partition coefficient (Wildman–Crippen LogP) is 1.99. The Morgan fingerprint density at radius 1 is 1.15 bits per heavy atom. The van der Waals surface area contributed by atoms with Crippen LogP contribution in [0.15, 0.2) is 59.1 Å². The first-order valence-corrected chi connectivity index (χ1v) is 10.1. The molecule has 0 saturated heterocycles. The van der Waals surface area contributed by atoms with E-state index < -0.39 is 28.4 Å². The molecular weight excluding hydrogens is 388 g/mol. The Hall–Kier alpha value is -3.11. The highest BCUT2D eigenvalue weighted by molar-refractivity contribution is 7.90. The lowest BCUT2D eigenvalue weighted by Gasteiger charge is -2.13. The Balaban J connectivity index is 1.50. The first kappa shape index (κ1) is 17.3. The lowest BCUT2D eigenvalue weighted by molar-refractivity contribution is -0.116. The van der Waals surface area contributed by atoms with Gasteiger partial charge >= 0.3 is 0 Å².